The number of hydrogen-bond donors (Lipinski definition) is 0. The van der Waals surface area contributed by atoms with Gasteiger partial charge >= 0.3 is 0 Å². The molecule has 1 atom stereocenters. The van der Waals surface area contributed by atoms with Gasteiger partial charge in [0, 0.05) is 19.1 Å². The summed E-state index contributed by atoms with van der Waals surface area (Å²) >= 11 is 0. The van der Waals surface area contributed by atoms with E-state index in [9.17, 15) is 0 Å². The first kappa shape index (κ1) is 12.2. The first-order valence-electron chi connectivity index (χ1n) is 7.34. The van der Waals surface area contributed by atoms with Crippen LogP contribution in [0.3, 0.4) is 0 Å². The van der Waals surface area contributed by atoms with Gasteiger partial charge in [0.2, 0.25) is 0 Å². The molecule has 2 aliphatic heterocycles. The first-order valence-corrected chi connectivity index (χ1v) is 7.34. The fourth-order valence-corrected chi connectivity index (χ4v) is 3.46. The summed E-state index contributed by atoms with van der Waals surface area (Å²) in [6.07, 6.45) is 4.15. The van der Waals surface area contributed by atoms with E-state index in [1.165, 1.54) is 56.6 Å². The molecule has 18 heavy (non-hydrogen) atoms. The number of hydrogen-bond acceptors (Lipinski definition) is 2. The van der Waals surface area contributed by atoms with Crippen LogP contribution >= 0.6 is 0 Å². The highest BCUT2D eigenvalue weighted by Crippen LogP contribution is 2.22. The van der Waals surface area contributed by atoms with Crippen LogP contribution in [-0.2, 0) is 6.54 Å². The Balaban J connectivity index is 1.67. The van der Waals surface area contributed by atoms with E-state index < -0.39 is 0 Å². The Morgan fingerprint density at radius 2 is 1.94 bits per heavy atom. The Hall–Kier alpha value is -0.860. The Labute approximate surface area is 111 Å². The van der Waals surface area contributed by atoms with Gasteiger partial charge in [0.05, 0.1) is 0 Å². The van der Waals surface area contributed by atoms with E-state index in [0.29, 0.717) is 0 Å². The standard InChI is InChI=1S/C16H24N2/c1-14-6-2-3-7-15(14)12-17-9-5-11-18-10-4-8-16(18)13-17/h2-3,6-7,16H,4-5,8-13H2,1H3/t16-/m1/s1. The number of rotatable bonds is 2. The third-order valence-corrected chi connectivity index (χ3v) is 4.54. The maximum absolute atomic E-state index is 2.71. The van der Waals surface area contributed by atoms with Gasteiger partial charge in [-0.1, -0.05) is 24.3 Å². The summed E-state index contributed by atoms with van der Waals surface area (Å²) in [5, 5.41) is 0. The topological polar surface area (TPSA) is 6.48 Å². The van der Waals surface area contributed by atoms with Crippen molar-refractivity contribution in [1.29, 1.82) is 0 Å². The van der Waals surface area contributed by atoms with E-state index in [-0.39, 0.29) is 0 Å². The summed E-state index contributed by atoms with van der Waals surface area (Å²) in [7, 11) is 0. The predicted molar refractivity (Wildman–Crippen MR) is 75.7 cm³/mol. The number of nitrogens with zero attached hydrogens (tertiary/aromatic N) is 2. The molecule has 1 aromatic rings. The summed E-state index contributed by atoms with van der Waals surface area (Å²) in [6.45, 7) is 8.56. The second-order valence-electron chi connectivity index (χ2n) is 5.85. The molecule has 98 valence electrons. The highest BCUT2D eigenvalue weighted by Gasteiger charge is 2.28. The van der Waals surface area contributed by atoms with Crippen LogP contribution in [0.1, 0.15) is 30.4 Å². The van der Waals surface area contributed by atoms with E-state index in [4.69, 9.17) is 0 Å². The molecule has 0 aliphatic carbocycles. The Morgan fingerprint density at radius 1 is 1.11 bits per heavy atom. The zero-order valence-corrected chi connectivity index (χ0v) is 11.4. The minimum Gasteiger partial charge on any atom is -0.299 e. The van der Waals surface area contributed by atoms with E-state index in [2.05, 4.69) is 41.0 Å². The molecule has 0 saturated carbocycles. The van der Waals surface area contributed by atoms with Crippen LogP contribution in [0, 0.1) is 6.92 Å². The van der Waals surface area contributed by atoms with E-state index in [1.807, 2.05) is 0 Å². The van der Waals surface area contributed by atoms with Gasteiger partial charge in [-0.05, 0) is 56.9 Å². The SMILES string of the molecule is Cc1ccccc1CN1CCCN2CCC[C@@H]2C1. The van der Waals surface area contributed by atoms with E-state index in [0.717, 1.165) is 12.6 Å². The molecule has 2 heterocycles. The van der Waals surface area contributed by atoms with Crippen molar-refractivity contribution >= 4 is 0 Å². The number of aryl methyl sites for hydroxylation is 1. The maximum atomic E-state index is 2.71. The van der Waals surface area contributed by atoms with Crippen molar-refractivity contribution in [1.82, 2.24) is 9.80 Å². The normalized spacial score (nSPS) is 25.9. The van der Waals surface area contributed by atoms with Gasteiger partial charge < -0.3 is 0 Å². The summed E-state index contributed by atoms with van der Waals surface area (Å²) < 4.78 is 0. The summed E-state index contributed by atoms with van der Waals surface area (Å²) in [5.74, 6) is 0. The van der Waals surface area contributed by atoms with Crippen LogP contribution < -0.4 is 0 Å². The van der Waals surface area contributed by atoms with Crippen molar-refractivity contribution in [3.63, 3.8) is 0 Å². The third-order valence-electron chi connectivity index (χ3n) is 4.54. The fraction of sp³-hybridized carbons (Fsp3) is 0.625. The number of benzene rings is 1. The quantitative estimate of drug-likeness (QED) is 0.789. The molecule has 0 amide bonds. The molecule has 2 aliphatic rings. The predicted octanol–water partition coefficient (Wildman–Crippen LogP) is 2.67. The monoisotopic (exact) mass is 244 g/mol. The second-order valence-corrected chi connectivity index (χ2v) is 5.85. The van der Waals surface area contributed by atoms with Crippen molar-refractivity contribution in [2.45, 2.75) is 38.8 Å². The fourth-order valence-electron chi connectivity index (χ4n) is 3.46. The molecular weight excluding hydrogens is 220 g/mol. The smallest absolute Gasteiger partial charge is 0.0237 e. The minimum absolute atomic E-state index is 0.830. The van der Waals surface area contributed by atoms with Crippen LogP contribution in [0.15, 0.2) is 24.3 Å². The average Bonchev–Trinajstić information content (AvgIpc) is 2.71. The lowest BCUT2D eigenvalue weighted by Gasteiger charge is -2.26. The molecule has 1 aromatic carbocycles. The van der Waals surface area contributed by atoms with Crippen LogP contribution in [0.25, 0.3) is 0 Å². The minimum atomic E-state index is 0.830. The summed E-state index contributed by atoms with van der Waals surface area (Å²) in [5.41, 5.74) is 2.94. The van der Waals surface area contributed by atoms with E-state index in [1.54, 1.807) is 0 Å². The molecule has 0 unspecified atom stereocenters. The van der Waals surface area contributed by atoms with Gasteiger partial charge in [-0.25, -0.2) is 0 Å². The van der Waals surface area contributed by atoms with Gasteiger partial charge in [0.1, 0.15) is 0 Å². The zero-order valence-electron chi connectivity index (χ0n) is 11.4. The zero-order chi connectivity index (χ0) is 12.4. The maximum Gasteiger partial charge on any atom is 0.0237 e. The van der Waals surface area contributed by atoms with Gasteiger partial charge in [0.15, 0.2) is 0 Å². The Morgan fingerprint density at radius 3 is 2.83 bits per heavy atom. The largest absolute Gasteiger partial charge is 0.299 e. The molecule has 2 fully saturated rings. The van der Waals surface area contributed by atoms with Gasteiger partial charge in [-0.2, -0.15) is 0 Å². The Kier molecular flexibility index (Phi) is 3.67. The van der Waals surface area contributed by atoms with Crippen molar-refractivity contribution in [3.8, 4) is 0 Å². The lowest BCUT2D eigenvalue weighted by atomic mass is 10.1. The Bertz CT molecular complexity index is 402. The molecular formula is C16H24N2. The second kappa shape index (κ2) is 5.41. The average molecular weight is 244 g/mol. The van der Waals surface area contributed by atoms with Crippen molar-refractivity contribution in [2.24, 2.45) is 0 Å². The van der Waals surface area contributed by atoms with Crippen LogP contribution in [0.5, 0.6) is 0 Å². The lowest BCUT2D eigenvalue weighted by molar-refractivity contribution is 0.215. The first-order chi connectivity index (χ1) is 8.83. The van der Waals surface area contributed by atoms with Crippen LogP contribution in [0.2, 0.25) is 0 Å². The number of fused-ring (bicyclic) bond motifs is 1. The van der Waals surface area contributed by atoms with Crippen LogP contribution in [0.4, 0.5) is 0 Å². The molecule has 3 rings (SSSR count). The van der Waals surface area contributed by atoms with Crippen molar-refractivity contribution < 1.29 is 0 Å². The molecule has 2 nitrogen and oxygen atoms in total. The van der Waals surface area contributed by atoms with Crippen LogP contribution in [-0.4, -0.2) is 42.0 Å². The highest BCUT2D eigenvalue weighted by atomic mass is 15.3. The molecule has 0 aromatic heterocycles. The van der Waals surface area contributed by atoms with E-state index >= 15 is 0 Å². The van der Waals surface area contributed by atoms with Gasteiger partial charge in [0.25, 0.3) is 0 Å². The van der Waals surface area contributed by atoms with Crippen molar-refractivity contribution in [2.75, 3.05) is 26.2 Å². The summed E-state index contributed by atoms with van der Waals surface area (Å²) in [4.78, 5) is 5.37. The molecule has 2 saturated heterocycles. The third kappa shape index (κ3) is 2.60. The molecule has 0 radical (unpaired) electrons. The van der Waals surface area contributed by atoms with Crippen molar-refractivity contribution in [3.05, 3.63) is 35.4 Å². The molecule has 2 heteroatoms. The van der Waals surface area contributed by atoms with Gasteiger partial charge in [-0.15, -0.1) is 0 Å². The molecule has 0 spiro atoms. The lowest BCUT2D eigenvalue weighted by Crippen LogP contribution is -2.36. The highest BCUT2D eigenvalue weighted by molar-refractivity contribution is 5.25. The summed E-state index contributed by atoms with van der Waals surface area (Å²) in [6, 6.07) is 9.65. The molecule has 0 bridgehead atoms. The van der Waals surface area contributed by atoms with Gasteiger partial charge in [-0.3, -0.25) is 9.80 Å². The molecule has 0 N–H and O–H groups in total.